The summed E-state index contributed by atoms with van der Waals surface area (Å²) in [5.74, 6) is 0. The van der Waals surface area contributed by atoms with E-state index in [9.17, 15) is 4.79 Å². The third kappa shape index (κ3) is 3.86. The van der Waals surface area contributed by atoms with Gasteiger partial charge in [-0.05, 0) is 18.6 Å². The summed E-state index contributed by atoms with van der Waals surface area (Å²) < 4.78 is 0. The second-order valence-corrected chi connectivity index (χ2v) is 4.93. The maximum Gasteiger partial charge on any atom is 0.407 e. The summed E-state index contributed by atoms with van der Waals surface area (Å²) in [5, 5.41) is 12.4. The predicted molar refractivity (Wildman–Crippen MR) is 75.7 cm³/mol. The number of nitrogens with zero attached hydrogens (tertiary/aromatic N) is 2. The van der Waals surface area contributed by atoms with E-state index in [0.29, 0.717) is 13.1 Å². The lowest BCUT2D eigenvalue weighted by Gasteiger charge is -2.33. The van der Waals surface area contributed by atoms with E-state index in [1.165, 1.54) is 10.6 Å². The summed E-state index contributed by atoms with van der Waals surface area (Å²) in [6.45, 7) is 2.82. The Kier molecular flexibility index (Phi) is 4.63. The smallest absolute Gasteiger partial charge is 0.407 e. The standard InChI is InChI=1S/C14H21N3O2/c1-16(13-5-3-2-4-6-13)9-7-12-11-17(14(18)19)10-8-15-12/h2-6,12,15H,7-11H2,1H3,(H,18,19). The Morgan fingerprint density at radius 2 is 2.21 bits per heavy atom. The van der Waals surface area contributed by atoms with E-state index in [4.69, 9.17) is 5.11 Å². The van der Waals surface area contributed by atoms with Crippen LogP contribution in [0.3, 0.4) is 0 Å². The van der Waals surface area contributed by atoms with Crippen LogP contribution in [-0.2, 0) is 0 Å². The van der Waals surface area contributed by atoms with Crippen LogP contribution in [0.2, 0.25) is 0 Å². The van der Waals surface area contributed by atoms with Crippen LogP contribution in [0.15, 0.2) is 30.3 Å². The molecule has 5 nitrogen and oxygen atoms in total. The molecular formula is C14H21N3O2. The highest BCUT2D eigenvalue weighted by molar-refractivity contribution is 5.65. The number of anilines is 1. The molecule has 2 rings (SSSR count). The van der Waals surface area contributed by atoms with Crippen LogP contribution in [0.1, 0.15) is 6.42 Å². The first-order chi connectivity index (χ1) is 9.16. The quantitative estimate of drug-likeness (QED) is 0.863. The third-order valence-electron chi connectivity index (χ3n) is 3.54. The molecule has 1 aromatic carbocycles. The Morgan fingerprint density at radius 1 is 1.47 bits per heavy atom. The van der Waals surface area contributed by atoms with Gasteiger partial charge in [0.1, 0.15) is 0 Å². The lowest BCUT2D eigenvalue weighted by atomic mass is 10.1. The number of benzene rings is 1. The molecule has 1 amide bonds. The lowest BCUT2D eigenvalue weighted by molar-refractivity contribution is 0.128. The molecule has 0 aromatic heterocycles. The van der Waals surface area contributed by atoms with Crippen molar-refractivity contribution in [3.8, 4) is 0 Å². The molecule has 0 saturated carbocycles. The molecule has 1 aliphatic rings. The van der Waals surface area contributed by atoms with E-state index in [0.717, 1.165) is 19.5 Å². The summed E-state index contributed by atoms with van der Waals surface area (Å²) in [7, 11) is 2.06. The highest BCUT2D eigenvalue weighted by Crippen LogP contribution is 2.12. The molecular weight excluding hydrogens is 242 g/mol. The van der Waals surface area contributed by atoms with Crippen molar-refractivity contribution in [2.75, 3.05) is 38.1 Å². The Balaban J connectivity index is 1.80. The first kappa shape index (κ1) is 13.7. The van der Waals surface area contributed by atoms with Gasteiger partial charge in [0.25, 0.3) is 0 Å². The van der Waals surface area contributed by atoms with Gasteiger partial charge in [0.05, 0.1) is 0 Å². The van der Waals surface area contributed by atoms with Crippen molar-refractivity contribution in [2.24, 2.45) is 0 Å². The zero-order valence-corrected chi connectivity index (χ0v) is 11.2. The average Bonchev–Trinajstić information content (AvgIpc) is 2.46. The van der Waals surface area contributed by atoms with Crippen molar-refractivity contribution in [1.82, 2.24) is 10.2 Å². The van der Waals surface area contributed by atoms with Gasteiger partial charge in [-0.15, -0.1) is 0 Å². The first-order valence-corrected chi connectivity index (χ1v) is 6.64. The van der Waals surface area contributed by atoms with Crippen molar-refractivity contribution < 1.29 is 9.90 Å². The third-order valence-corrected chi connectivity index (χ3v) is 3.54. The number of nitrogens with one attached hydrogen (secondary N) is 1. The minimum absolute atomic E-state index is 0.246. The normalized spacial score (nSPS) is 19.2. The minimum atomic E-state index is -0.817. The van der Waals surface area contributed by atoms with E-state index >= 15 is 0 Å². The van der Waals surface area contributed by atoms with Gasteiger partial charge in [0.2, 0.25) is 0 Å². The van der Waals surface area contributed by atoms with E-state index < -0.39 is 6.09 Å². The van der Waals surface area contributed by atoms with Gasteiger partial charge in [-0.2, -0.15) is 0 Å². The average molecular weight is 263 g/mol. The van der Waals surface area contributed by atoms with Crippen LogP contribution in [0, 0.1) is 0 Å². The number of amides is 1. The maximum atomic E-state index is 10.9. The fourth-order valence-electron chi connectivity index (χ4n) is 2.35. The summed E-state index contributed by atoms with van der Waals surface area (Å²) in [6, 6.07) is 10.5. The highest BCUT2D eigenvalue weighted by Gasteiger charge is 2.22. The molecule has 1 atom stereocenters. The molecule has 0 bridgehead atoms. The zero-order valence-electron chi connectivity index (χ0n) is 11.2. The molecule has 0 aliphatic carbocycles. The summed E-state index contributed by atoms with van der Waals surface area (Å²) in [6.07, 6.45) is 0.123. The van der Waals surface area contributed by atoms with Gasteiger partial charge in [-0.1, -0.05) is 18.2 Å². The molecule has 1 unspecified atom stereocenters. The van der Waals surface area contributed by atoms with E-state index in [1.54, 1.807) is 0 Å². The predicted octanol–water partition coefficient (Wildman–Crippen LogP) is 1.46. The second kappa shape index (κ2) is 6.43. The Hall–Kier alpha value is -1.75. The number of carbonyl (C=O) groups is 1. The summed E-state index contributed by atoms with van der Waals surface area (Å²) >= 11 is 0. The molecule has 1 heterocycles. The number of rotatable bonds is 4. The van der Waals surface area contributed by atoms with Gasteiger partial charge < -0.3 is 20.2 Å². The molecule has 1 aliphatic heterocycles. The van der Waals surface area contributed by atoms with Crippen LogP contribution in [0.25, 0.3) is 0 Å². The van der Waals surface area contributed by atoms with Crippen LogP contribution in [0.4, 0.5) is 10.5 Å². The van der Waals surface area contributed by atoms with Gasteiger partial charge in [0, 0.05) is 45.0 Å². The van der Waals surface area contributed by atoms with Gasteiger partial charge in [0.15, 0.2) is 0 Å². The van der Waals surface area contributed by atoms with Crippen molar-refractivity contribution in [2.45, 2.75) is 12.5 Å². The number of para-hydroxylation sites is 1. The topological polar surface area (TPSA) is 55.8 Å². The van der Waals surface area contributed by atoms with E-state index in [2.05, 4.69) is 29.4 Å². The van der Waals surface area contributed by atoms with Gasteiger partial charge >= 0.3 is 6.09 Å². The molecule has 5 heteroatoms. The summed E-state index contributed by atoms with van der Waals surface area (Å²) in [5.41, 5.74) is 1.19. The van der Waals surface area contributed by atoms with E-state index in [1.807, 2.05) is 18.2 Å². The monoisotopic (exact) mass is 263 g/mol. The molecule has 2 N–H and O–H groups in total. The van der Waals surface area contributed by atoms with Crippen molar-refractivity contribution in [3.05, 3.63) is 30.3 Å². The van der Waals surface area contributed by atoms with Gasteiger partial charge in [-0.3, -0.25) is 0 Å². The van der Waals surface area contributed by atoms with E-state index in [-0.39, 0.29) is 6.04 Å². The number of carboxylic acid groups (broad SMARTS) is 1. The molecule has 1 aromatic rings. The van der Waals surface area contributed by atoms with Crippen molar-refractivity contribution >= 4 is 11.8 Å². The minimum Gasteiger partial charge on any atom is -0.465 e. The highest BCUT2D eigenvalue weighted by atomic mass is 16.4. The molecule has 0 radical (unpaired) electrons. The number of piperazine rings is 1. The van der Waals surface area contributed by atoms with Crippen LogP contribution in [-0.4, -0.2) is 55.4 Å². The fourth-order valence-corrected chi connectivity index (χ4v) is 2.35. The number of hydrogen-bond donors (Lipinski definition) is 2. The molecule has 19 heavy (non-hydrogen) atoms. The largest absolute Gasteiger partial charge is 0.465 e. The van der Waals surface area contributed by atoms with Crippen LogP contribution in [0.5, 0.6) is 0 Å². The molecule has 104 valence electrons. The Morgan fingerprint density at radius 3 is 2.89 bits per heavy atom. The molecule has 0 spiro atoms. The SMILES string of the molecule is CN(CCC1CN(C(=O)O)CCN1)c1ccccc1. The summed E-state index contributed by atoms with van der Waals surface area (Å²) in [4.78, 5) is 14.6. The Bertz CT molecular complexity index is 410. The van der Waals surface area contributed by atoms with Gasteiger partial charge in [-0.25, -0.2) is 4.79 Å². The molecule has 1 saturated heterocycles. The fraction of sp³-hybridized carbons (Fsp3) is 0.500. The zero-order chi connectivity index (χ0) is 13.7. The maximum absolute atomic E-state index is 10.9. The van der Waals surface area contributed by atoms with Crippen LogP contribution < -0.4 is 10.2 Å². The Labute approximate surface area is 113 Å². The first-order valence-electron chi connectivity index (χ1n) is 6.64. The van der Waals surface area contributed by atoms with Crippen molar-refractivity contribution in [3.63, 3.8) is 0 Å². The number of hydrogen-bond acceptors (Lipinski definition) is 3. The van der Waals surface area contributed by atoms with Crippen molar-refractivity contribution in [1.29, 1.82) is 0 Å². The van der Waals surface area contributed by atoms with Crippen LogP contribution >= 0.6 is 0 Å². The lowest BCUT2D eigenvalue weighted by Crippen LogP contribution is -2.53. The second-order valence-electron chi connectivity index (χ2n) is 4.93. The molecule has 1 fully saturated rings.